The second-order valence-corrected chi connectivity index (χ2v) is 2.00. The average Bonchev–Trinajstić information content (AvgIpc) is 2.34. The zero-order chi connectivity index (χ0) is 8.27. The Morgan fingerprint density at radius 2 is 2.27 bits per heavy atom. The molecule has 0 spiro atoms. The maximum atomic E-state index is 11.1. The van der Waals surface area contributed by atoms with Crippen molar-refractivity contribution >= 4 is 6.20 Å². The Kier molecular flexibility index (Phi) is 2.20. The molecule has 60 valence electrons. The van der Waals surface area contributed by atoms with E-state index in [9.17, 15) is 4.79 Å². The quantitative estimate of drug-likeness (QED) is 0.600. The van der Waals surface area contributed by atoms with E-state index in [0.717, 1.165) is 0 Å². The third-order valence-electron chi connectivity index (χ3n) is 1.25. The van der Waals surface area contributed by atoms with Gasteiger partial charge in [0.1, 0.15) is 0 Å². The van der Waals surface area contributed by atoms with E-state index in [4.69, 9.17) is 0 Å². The van der Waals surface area contributed by atoms with Crippen LogP contribution < -0.4 is 5.69 Å². The lowest BCUT2D eigenvalue weighted by molar-refractivity contribution is 0.609. The molecule has 0 aliphatic rings. The Hall–Kier alpha value is -1.39. The summed E-state index contributed by atoms with van der Waals surface area (Å²) >= 11 is 0. The van der Waals surface area contributed by atoms with Crippen molar-refractivity contribution in [1.29, 1.82) is 0 Å². The van der Waals surface area contributed by atoms with E-state index in [1.807, 2.05) is 13.8 Å². The Morgan fingerprint density at radius 1 is 1.55 bits per heavy atom. The maximum Gasteiger partial charge on any atom is 0.367 e. The van der Waals surface area contributed by atoms with Crippen molar-refractivity contribution in [1.82, 2.24) is 19.8 Å². The number of nitrogens with zero attached hydrogens (tertiary/aromatic N) is 4. The molecule has 5 heteroatoms. The van der Waals surface area contributed by atoms with Gasteiger partial charge in [0, 0.05) is 12.7 Å². The molecule has 11 heavy (non-hydrogen) atoms. The average molecular weight is 154 g/mol. The zero-order valence-electron chi connectivity index (χ0n) is 6.56. The molecule has 0 bridgehead atoms. The zero-order valence-corrected chi connectivity index (χ0v) is 6.56. The van der Waals surface area contributed by atoms with Crippen LogP contribution in [0.1, 0.15) is 13.8 Å². The molecule has 1 rings (SSSR count). The smallest absolute Gasteiger partial charge is 0.244 e. The molecule has 0 saturated heterocycles. The molecule has 1 aromatic heterocycles. The van der Waals surface area contributed by atoms with Crippen LogP contribution in [0.5, 0.6) is 0 Å². The van der Waals surface area contributed by atoms with Gasteiger partial charge < -0.3 is 0 Å². The first kappa shape index (κ1) is 7.71. The summed E-state index contributed by atoms with van der Waals surface area (Å²) < 4.78 is 2.49. The van der Waals surface area contributed by atoms with Crippen LogP contribution in [0.2, 0.25) is 0 Å². The lowest BCUT2D eigenvalue weighted by atomic mass is 10.7. The van der Waals surface area contributed by atoms with E-state index in [-0.39, 0.29) is 5.69 Å². The molecule has 0 atom stereocenters. The van der Waals surface area contributed by atoms with Crippen molar-refractivity contribution in [3.8, 4) is 0 Å². The van der Waals surface area contributed by atoms with Crippen molar-refractivity contribution in [2.45, 2.75) is 20.4 Å². The summed E-state index contributed by atoms with van der Waals surface area (Å²) in [5.74, 6) is 0. The highest BCUT2D eigenvalue weighted by Crippen LogP contribution is 1.76. The summed E-state index contributed by atoms with van der Waals surface area (Å²) in [7, 11) is 0. The molecule has 0 aromatic carbocycles. The fourth-order valence-electron chi connectivity index (χ4n) is 0.719. The molecule has 1 heterocycles. The Bertz CT molecular complexity index is 309. The van der Waals surface area contributed by atoms with E-state index in [0.29, 0.717) is 6.54 Å². The molecule has 0 aliphatic heterocycles. The summed E-state index contributed by atoms with van der Waals surface area (Å²) in [6.07, 6.45) is 3.30. The minimum Gasteiger partial charge on any atom is -0.244 e. The molecular formula is C6H10N4O. The second-order valence-electron chi connectivity index (χ2n) is 2.00. The number of aromatic nitrogens is 4. The Balaban J connectivity index is 3.11. The molecule has 0 radical (unpaired) electrons. The predicted molar refractivity (Wildman–Crippen MR) is 41.0 cm³/mol. The lowest BCUT2D eigenvalue weighted by Crippen LogP contribution is -2.21. The van der Waals surface area contributed by atoms with Gasteiger partial charge >= 0.3 is 5.69 Å². The molecule has 5 nitrogen and oxygen atoms in total. The first-order chi connectivity index (χ1) is 5.29. The van der Waals surface area contributed by atoms with Crippen LogP contribution in [0.25, 0.3) is 6.20 Å². The fourth-order valence-corrected chi connectivity index (χ4v) is 0.719. The molecule has 1 aromatic rings. The van der Waals surface area contributed by atoms with Gasteiger partial charge in [-0.05, 0) is 24.3 Å². The van der Waals surface area contributed by atoms with Gasteiger partial charge in [0.25, 0.3) is 0 Å². The van der Waals surface area contributed by atoms with Crippen molar-refractivity contribution in [2.24, 2.45) is 0 Å². The Morgan fingerprint density at radius 3 is 2.73 bits per heavy atom. The molecular weight excluding hydrogens is 144 g/mol. The third-order valence-corrected chi connectivity index (χ3v) is 1.25. The summed E-state index contributed by atoms with van der Waals surface area (Å²) in [4.78, 5) is 11.1. The summed E-state index contributed by atoms with van der Waals surface area (Å²) in [6.45, 7) is 4.21. The van der Waals surface area contributed by atoms with Crippen LogP contribution in [0.4, 0.5) is 0 Å². The molecule has 0 fully saturated rings. The van der Waals surface area contributed by atoms with Gasteiger partial charge in [0.05, 0.1) is 0 Å². The summed E-state index contributed by atoms with van der Waals surface area (Å²) in [5.41, 5.74) is -0.203. The van der Waals surface area contributed by atoms with Gasteiger partial charge in [-0.2, -0.15) is 9.36 Å². The molecule has 0 saturated carbocycles. The van der Waals surface area contributed by atoms with Crippen molar-refractivity contribution in [2.75, 3.05) is 0 Å². The first-order valence-corrected chi connectivity index (χ1v) is 3.44. The van der Waals surface area contributed by atoms with Crippen molar-refractivity contribution < 1.29 is 0 Å². The van der Waals surface area contributed by atoms with E-state index in [2.05, 4.69) is 10.4 Å². The molecule has 0 amide bonds. The SMILES string of the molecule is C/C=C/n1nnn(CC)c1=O. The summed E-state index contributed by atoms with van der Waals surface area (Å²) in [6, 6.07) is 0. The van der Waals surface area contributed by atoms with E-state index in [1.54, 1.807) is 12.3 Å². The number of tetrazole rings is 1. The van der Waals surface area contributed by atoms with Crippen LogP contribution in [0.15, 0.2) is 10.9 Å². The van der Waals surface area contributed by atoms with Crippen LogP contribution in [0.3, 0.4) is 0 Å². The maximum absolute atomic E-state index is 11.1. The highest BCUT2D eigenvalue weighted by atomic mass is 16.2. The molecule has 0 aliphatic carbocycles. The third kappa shape index (κ3) is 1.36. The largest absolute Gasteiger partial charge is 0.367 e. The number of allylic oxidation sites excluding steroid dienone is 1. The Labute approximate surface area is 63.9 Å². The van der Waals surface area contributed by atoms with Gasteiger partial charge in [-0.1, -0.05) is 6.08 Å². The standard InChI is InChI=1S/C6H10N4O/c1-3-5-10-6(11)9(4-2)7-8-10/h3,5H,4H2,1-2H3/b5-3+. The first-order valence-electron chi connectivity index (χ1n) is 3.44. The topological polar surface area (TPSA) is 52.7 Å². The number of hydrogen-bond donors (Lipinski definition) is 0. The van der Waals surface area contributed by atoms with Gasteiger partial charge in [-0.15, -0.1) is 0 Å². The molecule has 0 N–H and O–H groups in total. The van der Waals surface area contributed by atoms with Crippen LogP contribution >= 0.6 is 0 Å². The highest BCUT2D eigenvalue weighted by molar-refractivity contribution is 5.15. The number of hydrogen-bond acceptors (Lipinski definition) is 3. The van der Waals surface area contributed by atoms with Crippen LogP contribution in [0, 0.1) is 0 Å². The van der Waals surface area contributed by atoms with Gasteiger partial charge in [0.15, 0.2) is 0 Å². The minimum absolute atomic E-state index is 0.203. The fraction of sp³-hybridized carbons (Fsp3) is 0.500. The number of aryl methyl sites for hydroxylation is 1. The lowest BCUT2D eigenvalue weighted by Gasteiger charge is -1.85. The summed E-state index contributed by atoms with van der Waals surface area (Å²) in [5, 5.41) is 7.23. The van der Waals surface area contributed by atoms with Gasteiger partial charge in [-0.3, -0.25) is 0 Å². The monoisotopic (exact) mass is 154 g/mol. The van der Waals surface area contributed by atoms with Gasteiger partial charge in [-0.25, -0.2) is 4.79 Å². The van der Waals surface area contributed by atoms with Crippen LogP contribution in [-0.4, -0.2) is 19.8 Å². The van der Waals surface area contributed by atoms with E-state index < -0.39 is 0 Å². The number of rotatable bonds is 2. The molecule has 0 unspecified atom stereocenters. The second kappa shape index (κ2) is 3.14. The van der Waals surface area contributed by atoms with E-state index >= 15 is 0 Å². The predicted octanol–water partition coefficient (Wildman–Crippen LogP) is -0.0497. The normalized spacial score (nSPS) is 11.1. The van der Waals surface area contributed by atoms with Crippen molar-refractivity contribution in [3.63, 3.8) is 0 Å². The highest BCUT2D eigenvalue weighted by Gasteiger charge is 1.99. The van der Waals surface area contributed by atoms with Gasteiger partial charge in [0.2, 0.25) is 0 Å². The van der Waals surface area contributed by atoms with E-state index in [1.165, 1.54) is 9.36 Å². The minimum atomic E-state index is -0.203. The van der Waals surface area contributed by atoms with Crippen molar-refractivity contribution in [3.05, 3.63) is 16.6 Å². The van der Waals surface area contributed by atoms with Crippen LogP contribution in [-0.2, 0) is 6.54 Å².